The maximum atomic E-state index is 14.8. The van der Waals surface area contributed by atoms with Gasteiger partial charge < -0.3 is 36.6 Å². The first-order valence-corrected chi connectivity index (χ1v) is 21.5. The molecule has 0 radical (unpaired) electrons. The van der Waals surface area contributed by atoms with Crippen LogP contribution in [0.25, 0.3) is 0 Å². The van der Waals surface area contributed by atoms with Crippen LogP contribution in [0.15, 0.2) is 60.7 Å². The van der Waals surface area contributed by atoms with Crippen LogP contribution >= 0.6 is 0 Å². The molecule has 2 saturated carbocycles. The van der Waals surface area contributed by atoms with Crippen molar-refractivity contribution in [2.24, 2.45) is 23.5 Å². The molecule has 3 aliphatic rings. The number of carbonyl (C=O) groups is 7. The number of rotatable bonds is 19. The summed E-state index contributed by atoms with van der Waals surface area (Å²) in [5.41, 5.74) is 6.90. The van der Waals surface area contributed by atoms with Crippen molar-refractivity contribution in [2.75, 3.05) is 13.1 Å². The molecule has 14 heteroatoms. The van der Waals surface area contributed by atoms with Gasteiger partial charge in [0.1, 0.15) is 18.1 Å². The predicted molar refractivity (Wildman–Crippen MR) is 221 cm³/mol. The quantitative estimate of drug-likeness (QED) is 0.132. The molecule has 6 amide bonds. The summed E-state index contributed by atoms with van der Waals surface area (Å²) in [6, 6.07) is 13.7. The van der Waals surface area contributed by atoms with Gasteiger partial charge in [-0.05, 0) is 55.1 Å². The number of nitrogens with two attached hydrogens (primary N) is 1. The Balaban J connectivity index is 1.31. The maximum absolute atomic E-state index is 14.8. The van der Waals surface area contributed by atoms with E-state index < -0.39 is 66.2 Å². The molecule has 1 heterocycles. The van der Waals surface area contributed by atoms with E-state index in [-0.39, 0.29) is 55.6 Å². The van der Waals surface area contributed by atoms with Crippen molar-refractivity contribution in [2.45, 2.75) is 134 Å². The Morgan fingerprint density at radius 2 is 1.47 bits per heavy atom. The van der Waals surface area contributed by atoms with Crippen LogP contribution in [0.3, 0.4) is 0 Å². The molecule has 5 unspecified atom stereocenters. The Morgan fingerprint density at radius 3 is 2.14 bits per heavy atom. The lowest BCUT2D eigenvalue weighted by Crippen LogP contribution is -2.58. The zero-order valence-corrected chi connectivity index (χ0v) is 34.5. The maximum Gasteiger partial charge on any atom is 0.290 e. The zero-order valence-electron chi connectivity index (χ0n) is 34.5. The highest BCUT2D eigenvalue weighted by Crippen LogP contribution is 2.33. The lowest BCUT2D eigenvalue weighted by Gasteiger charge is -2.36. The van der Waals surface area contributed by atoms with Gasteiger partial charge in [-0.1, -0.05) is 119 Å². The Bertz CT molecular complexity index is 1750. The molecule has 2 aromatic carbocycles. The first kappa shape index (κ1) is 45.0. The van der Waals surface area contributed by atoms with Crippen molar-refractivity contribution in [1.29, 1.82) is 0 Å². The third-order valence-corrected chi connectivity index (χ3v) is 12.1. The van der Waals surface area contributed by atoms with Gasteiger partial charge in [-0.2, -0.15) is 0 Å². The number of Topliss-reactive ketones (excluding diaryl/α,β-unsaturated/α-hetero) is 1. The molecular formula is C45H62N6O8. The zero-order chi connectivity index (χ0) is 42.3. The molecule has 7 atom stereocenters. The van der Waals surface area contributed by atoms with Crippen molar-refractivity contribution >= 4 is 41.2 Å². The fourth-order valence-electron chi connectivity index (χ4n) is 8.72. The molecule has 320 valence electrons. The van der Waals surface area contributed by atoms with E-state index in [1.54, 1.807) is 30.3 Å². The van der Waals surface area contributed by atoms with E-state index in [0.29, 0.717) is 18.4 Å². The summed E-state index contributed by atoms with van der Waals surface area (Å²) in [5.74, 6) is -4.70. The van der Waals surface area contributed by atoms with Crippen LogP contribution in [-0.2, 0) is 44.9 Å². The number of hydrogen-bond acceptors (Lipinski definition) is 8. The van der Waals surface area contributed by atoms with E-state index in [9.17, 15) is 33.6 Å². The number of benzene rings is 2. The molecule has 1 aliphatic heterocycles. The first-order chi connectivity index (χ1) is 28.5. The summed E-state index contributed by atoms with van der Waals surface area (Å²) in [4.78, 5) is 96.2. The van der Waals surface area contributed by atoms with Crippen molar-refractivity contribution in [1.82, 2.24) is 26.2 Å². The molecule has 2 aromatic rings. The molecule has 59 heavy (non-hydrogen) atoms. The Labute approximate surface area is 347 Å². The minimum Gasteiger partial charge on any atom is -0.372 e. The van der Waals surface area contributed by atoms with Crippen molar-refractivity contribution < 1.29 is 38.3 Å². The van der Waals surface area contributed by atoms with Gasteiger partial charge >= 0.3 is 0 Å². The van der Waals surface area contributed by atoms with Crippen LogP contribution in [0.5, 0.6) is 0 Å². The number of primary amides is 1. The molecule has 0 bridgehead atoms. The molecular weight excluding hydrogens is 753 g/mol. The summed E-state index contributed by atoms with van der Waals surface area (Å²) in [6.45, 7) is 3.76. The van der Waals surface area contributed by atoms with Gasteiger partial charge in [-0.3, -0.25) is 33.6 Å². The molecule has 3 fully saturated rings. The highest BCUT2D eigenvalue weighted by molar-refractivity contribution is 6.38. The second kappa shape index (κ2) is 22.3. The average Bonchev–Trinajstić information content (AvgIpc) is 3.69. The lowest BCUT2D eigenvalue weighted by atomic mass is 9.79. The van der Waals surface area contributed by atoms with Crippen molar-refractivity contribution in [3.05, 3.63) is 71.8 Å². The largest absolute Gasteiger partial charge is 0.372 e. The summed E-state index contributed by atoms with van der Waals surface area (Å²) >= 11 is 0. The number of ketones is 1. The molecule has 0 aromatic heterocycles. The van der Waals surface area contributed by atoms with E-state index in [4.69, 9.17) is 10.5 Å². The first-order valence-electron chi connectivity index (χ1n) is 21.5. The van der Waals surface area contributed by atoms with Crippen LogP contribution < -0.4 is 27.0 Å². The monoisotopic (exact) mass is 814 g/mol. The number of amides is 6. The topological polar surface area (TPSA) is 206 Å². The van der Waals surface area contributed by atoms with Gasteiger partial charge in [-0.15, -0.1) is 0 Å². The Hall–Kier alpha value is -5.11. The van der Waals surface area contributed by atoms with E-state index in [1.807, 2.05) is 37.3 Å². The fourth-order valence-corrected chi connectivity index (χ4v) is 8.72. The van der Waals surface area contributed by atoms with Crippen LogP contribution in [0, 0.1) is 17.8 Å². The normalized spacial score (nSPS) is 22.3. The van der Waals surface area contributed by atoms with Gasteiger partial charge in [0.25, 0.3) is 5.91 Å². The van der Waals surface area contributed by atoms with E-state index >= 15 is 0 Å². The third-order valence-electron chi connectivity index (χ3n) is 12.1. The smallest absolute Gasteiger partial charge is 0.290 e. The van der Waals surface area contributed by atoms with E-state index in [1.165, 1.54) is 4.90 Å². The van der Waals surface area contributed by atoms with Crippen molar-refractivity contribution in [3.8, 4) is 0 Å². The molecule has 1 saturated heterocycles. The molecule has 0 spiro atoms. The van der Waals surface area contributed by atoms with Crippen LogP contribution in [-0.4, -0.2) is 83.4 Å². The van der Waals surface area contributed by atoms with Crippen molar-refractivity contribution in [3.63, 3.8) is 0 Å². The second-order valence-electron chi connectivity index (χ2n) is 16.5. The molecule has 14 nitrogen and oxygen atoms in total. The van der Waals surface area contributed by atoms with E-state index in [2.05, 4.69) is 28.2 Å². The Kier molecular flexibility index (Phi) is 17.0. The van der Waals surface area contributed by atoms with E-state index in [0.717, 1.165) is 63.4 Å². The lowest BCUT2D eigenvalue weighted by molar-refractivity contribution is -0.145. The number of unbranched alkanes of at least 4 members (excludes halogenated alkanes) is 1. The molecule has 6 N–H and O–H groups in total. The fraction of sp³-hybridized carbons (Fsp3) is 0.578. The van der Waals surface area contributed by atoms with Crippen LogP contribution in [0.2, 0.25) is 0 Å². The highest BCUT2D eigenvalue weighted by Gasteiger charge is 2.46. The van der Waals surface area contributed by atoms with Crippen LogP contribution in [0.1, 0.15) is 114 Å². The third kappa shape index (κ3) is 12.7. The number of carbonyl (C=O) groups excluding carboxylic acids is 7. The summed E-state index contributed by atoms with van der Waals surface area (Å²) < 4.78 is 6.29. The van der Waals surface area contributed by atoms with Gasteiger partial charge in [0.05, 0.1) is 25.3 Å². The Morgan fingerprint density at radius 1 is 0.814 bits per heavy atom. The van der Waals surface area contributed by atoms with Gasteiger partial charge in [-0.25, -0.2) is 0 Å². The highest BCUT2D eigenvalue weighted by atomic mass is 16.5. The SMILES string of the molecule is CCCCC(NC(=O)[C@@H]1C[C@@H](OCc2ccccc2)CN1C(=O)C(NC(=O)C1CCCCC1C)C1CCCCC1)C(=O)C(=O)NCC(=O)NC(C(N)=O)c1ccccc1. The standard InChI is InChI=1S/C45H62N6O8/c1-3-4-24-35(40(53)44(57)47-26-37(52)49-38(41(46)54)31-19-10-6-11-20-31)48-43(56)36-25-33(59-28-30-17-8-5-9-18-30)27-51(36)45(58)39(32-21-12-7-13-22-32)50-42(55)34-23-15-14-16-29(34)2/h5-6,8-11,17-20,29,32-36,38-39H,3-4,7,12-16,21-28H2,1-2H3,(H2,46,54)(H,47,57)(H,48,56)(H,49,52)(H,50,55)/t29?,33-,34?,35?,36+,38?,39?/m1/s1. The van der Waals surface area contributed by atoms with Crippen LogP contribution in [0.4, 0.5) is 0 Å². The number of ether oxygens (including phenoxy) is 1. The molecule has 2 aliphatic carbocycles. The van der Waals surface area contributed by atoms with Gasteiger partial charge in [0.2, 0.25) is 35.3 Å². The summed E-state index contributed by atoms with van der Waals surface area (Å²) in [7, 11) is 0. The summed E-state index contributed by atoms with van der Waals surface area (Å²) in [6.07, 6.45) is 9.26. The number of hydrogen-bond donors (Lipinski definition) is 5. The van der Waals surface area contributed by atoms with Gasteiger partial charge in [0.15, 0.2) is 0 Å². The summed E-state index contributed by atoms with van der Waals surface area (Å²) in [5, 5.41) is 10.8. The minimum atomic E-state index is -1.24. The minimum absolute atomic E-state index is 0.0854. The predicted octanol–water partition coefficient (Wildman–Crippen LogP) is 3.77. The average molecular weight is 815 g/mol. The second-order valence-corrected chi connectivity index (χ2v) is 16.5. The number of likely N-dealkylation sites (tertiary alicyclic amines) is 1. The number of nitrogens with zero attached hydrogens (tertiary/aromatic N) is 1. The molecule has 5 rings (SSSR count). The number of nitrogens with one attached hydrogen (secondary N) is 4. The van der Waals surface area contributed by atoms with Gasteiger partial charge in [0, 0.05) is 18.9 Å².